The predicted molar refractivity (Wildman–Crippen MR) is 112 cm³/mol. The van der Waals surface area contributed by atoms with E-state index >= 15 is 0 Å². The number of morpholine rings is 1. The summed E-state index contributed by atoms with van der Waals surface area (Å²) in [5.41, 5.74) is 0.498. The maximum absolute atomic E-state index is 12.7. The summed E-state index contributed by atoms with van der Waals surface area (Å²) in [4.78, 5) is 51.5. The lowest BCUT2D eigenvalue weighted by Gasteiger charge is -2.28. The van der Waals surface area contributed by atoms with E-state index in [0.717, 1.165) is 21.1 Å². The number of halogens is 1. The van der Waals surface area contributed by atoms with Gasteiger partial charge < -0.3 is 19.1 Å². The third kappa shape index (κ3) is 5.41. The lowest BCUT2D eigenvalue weighted by molar-refractivity contribution is -0.143. The Hall–Kier alpha value is -2.37. The summed E-state index contributed by atoms with van der Waals surface area (Å²) in [6, 6.07) is 5.04. The highest BCUT2D eigenvalue weighted by Gasteiger charge is 2.37. The number of ether oxygens (including phenoxy) is 3. The maximum atomic E-state index is 12.7. The van der Waals surface area contributed by atoms with E-state index in [1.54, 1.807) is 23.1 Å². The van der Waals surface area contributed by atoms with Crippen molar-refractivity contribution in [3.8, 4) is 5.75 Å². The molecule has 2 aliphatic heterocycles. The van der Waals surface area contributed by atoms with Crippen LogP contribution in [-0.4, -0.2) is 79.4 Å². The minimum Gasteiger partial charge on any atom is -0.481 e. The largest absolute Gasteiger partial charge is 0.481 e. The van der Waals surface area contributed by atoms with Gasteiger partial charge in [0.25, 0.3) is 11.1 Å². The molecule has 1 aromatic carbocycles. The van der Waals surface area contributed by atoms with Gasteiger partial charge in [0.1, 0.15) is 12.3 Å². The standard InChI is InChI=1S/C19H19BrN2O7S/c1-27-17(24)11-29-14-3-2-13(20)8-12(14)9-15-18(25)22(19(26)30-15)10-16(23)21-4-6-28-7-5-21/h2-3,8-9H,4-7,10-11H2,1H3/b15-9-. The number of nitrogens with zero attached hydrogens (tertiary/aromatic N) is 2. The maximum Gasteiger partial charge on any atom is 0.343 e. The molecule has 2 fully saturated rings. The molecule has 2 saturated heterocycles. The van der Waals surface area contributed by atoms with Crippen molar-refractivity contribution in [2.45, 2.75) is 0 Å². The zero-order valence-electron chi connectivity index (χ0n) is 16.1. The van der Waals surface area contributed by atoms with Crippen molar-refractivity contribution >= 4 is 56.8 Å². The van der Waals surface area contributed by atoms with Gasteiger partial charge in [0.15, 0.2) is 6.61 Å². The van der Waals surface area contributed by atoms with Crippen LogP contribution in [0.5, 0.6) is 5.75 Å². The first-order valence-electron chi connectivity index (χ1n) is 8.99. The second-order valence-electron chi connectivity index (χ2n) is 6.31. The lowest BCUT2D eigenvalue weighted by atomic mass is 10.2. The molecule has 0 aromatic heterocycles. The smallest absolute Gasteiger partial charge is 0.343 e. The number of imide groups is 1. The van der Waals surface area contributed by atoms with Crippen molar-refractivity contribution in [2.75, 3.05) is 46.6 Å². The summed E-state index contributed by atoms with van der Waals surface area (Å²) >= 11 is 4.10. The molecule has 0 bridgehead atoms. The van der Waals surface area contributed by atoms with Crippen LogP contribution in [0.4, 0.5) is 4.79 Å². The van der Waals surface area contributed by atoms with Crippen molar-refractivity contribution in [1.29, 1.82) is 0 Å². The Labute approximate surface area is 185 Å². The first kappa shape index (κ1) is 22.3. The molecule has 0 radical (unpaired) electrons. The molecule has 0 spiro atoms. The monoisotopic (exact) mass is 498 g/mol. The summed E-state index contributed by atoms with van der Waals surface area (Å²) in [6.07, 6.45) is 1.50. The van der Waals surface area contributed by atoms with E-state index in [0.29, 0.717) is 37.6 Å². The molecule has 30 heavy (non-hydrogen) atoms. The van der Waals surface area contributed by atoms with Crippen LogP contribution in [0.2, 0.25) is 0 Å². The van der Waals surface area contributed by atoms with Crippen LogP contribution in [0.25, 0.3) is 6.08 Å². The van der Waals surface area contributed by atoms with Gasteiger partial charge >= 0.3 is 5.97 Å². The van der Waals surface area contributed by atoms with Gasteiger partial charge in [-0.3, -0.25) is 19.3 Å². The molecule has 1 aromatic rings. The number of amides is 3. The molecule has 0 unspecified atom stereocenters. The number of methoxy groups -OCH3 is 1. The highest BCUT2D eigenvalue weighted by atomic mass is 79.9. The van der Waals surface area contributed by atoms with Crippen molar-refractivity contribution in [3.63, 3.8) is 0 Å². The molecule has 3 rings (SSSR count). The molecule has 0 N–H and O–H groups in total. The van der Waals surface area contributed by atoms with Gasteiger partial charge in [-0.05, 0) is 36.0 Å². The van der Waals surface area contributed by atoms with Gasteiger partial charge in [-0.25, -0.2) is 4.79 Å². The summed E-state index contributed by atoms with van der Waals surface area (Å²) in [5.74, 6) is -1.05. The first-order chi connectivity index (χ1) is 14.4. The SMILES string of the molecule is COC(=O)COc1ccc(Br)cc1/C=C1\SC(=O)N(CC(=O)N2CCOCC2)C1=O. The van der Waals surface area contributed by atoms with E-state index in [1.165, 1.54) is 13.2 Å². The van der Waals surface area contributed by atoms with E-state index in [-0.39, 0.29) is 24.0 Å². The molecule has 0 aliphatic carbocycles. The second kappa shape index (κ2) is 10.1. The van der Waals surface area contributed by atoms with Crippen LogP contribution >= 0.6 is 27.7 Å². The number of benzene rings is 1. The summed E-state index contributed by atoms with van der Waals surface area (Å²) in [6.45, 7) is 1.13. The molecule has 11 heteroatoms. The first-order valence-corrected chi connectivity index (χ1v) is 10.6. The number of esters is 1. The van der Waals surface area contributed by atoms with Crippen LogP contribution in [0, 0.1) is 0 Å². The third-order valence-electron chi connectivity index (χ3n) is 4.36. The van der Waals surface area contributed by atoms with Crippen LogP contribution in [0.15, 0.2) is 27.6 Å². The average Bonchev–Trinajstić information content (AvgIpc) is 3.00. The number of hydrogen-bond donors (Lipinski definition) is 0. The number of rotatable bonds is 6. The van der Waals surface area contributed by atoms with Gasteiger partial charge in [-0.2, -0.15) is 0 Å². The molecule has 0 atom stereocenters. The van der Waals surface area contributed by atoms with Crippen LogP contribution in [-0.2, 0) is 23.9 Å². The minimum atomic E-state index is -0.550. The molecule has 3 amide bonds. The average molecular weight is 499 g/mol. The number of carbonyl (C=O) groups excluding carboxylic acids is 4. The Morgan fingerprint density at radius 2 is 2.00 bits per heavy atom. The van der Waals surface area contributed by atoms with Crippen LogP contribution < -0.4 is 4.74 Å². The topological polar surface area (TPSA) is 102 Å². The molecule has 9 nitrogen and oxygen atoms in total. The van der Waals surface area contributed by atoms with E-state index in [2.05, 4.69) is 20.7 Å². The third-order valence-corrected chi connectivity index (χ3v) is 5.76. The summed E-state index contributed by atoms with van der Waals surface area (Å²) in [7, 11) is 1.25. The minimum absolute atomic E-state index is 0.163. The molecule has 0 saturated carbocycles. The highest BCUT2D eigenvalue weighted by Crippen LogP contribution is 2.35. The molecule has 160 valence electrons. The number of hydrogen-bond acceptors (Lipinski definition) is 8. The fraction of sp³-hybridized carbons (Fsp3) is 0.368. The quantitative estimate of drug-likeness (QED) is 0.432. The Morgan fingerprint density at radius 3 is 2.70 bits per heavy atom. The molecule has 2 aliphatic rings. The van der Waals surface area contributed by atoms with Gasteiger partial charge in [0.2, 0.25) is 5.91 Å². The normalized spacial score (nSPS) is 18.1. The Bertz CT molecular complexity index is 899. The van der Waals surface area contributed by atoms with Gasteiger partial charge in [-0.1, -0.05) is 15.9 Å². The van der Waals surface area contributed by atoms with E-state index in [9.17, 15) is 19.2 Å². The fourth-order valence-corrected chi connectivity index (χ4v) is 3.99. The van der Waals surface area contributed by atoms with Crippen LogP contribution in [0.1, 0.15) is 5.56 Å². The molecular weight excluding hydrogens is 480 g/mol. The van der Waals surface area contributed by atoms with Gasteiger partial charge in [0.05, 0.1) is 25.2 Å². The summed E-state index contributed by atoms with van der Waals surface area (Å²) in [5, 5.41) is -0.514. The summed E-state index contributed by atoms with van der Waals surface area (Å²) < 4.78 is 15.9. The lowest BCUT2D eigenvalue weighted by Crippen LogP contribution is -2.46. The fourth-order valence-electron chi connectivity index (χ4n) is 2.78. The number of thioether (sulfide) groups is 1. The van der Waals surface area contributed by atoms with Crippen molar-refractivity contribution in [2.24, 2.45) is 0 Å². The molecule has 2 heterocycles. The van der Waals surface area contributed by atoms with Crippen molar-refractivity contribution in [1.82, 2.24) is 9.80 Å². The zero-order chi connectivity index (χ0) is 21.7. The predicted octanol–water partition coefficient (Wildman–Crippen LogP) is 1.90. The van der Waals surface area contributed by atoms with Crippen molar-refractivity contribution in [3.05, 3.63) is 33.1 Å². The van der Waals surface area contributed by atoms with Crippen molar-refractivity contribution < 1.29 is 33.4 Å². The van der Waals surface area contributed by atoms with E-state index < -0.39 is 17.1 Å². The Balaban J connectivity index is 1.75. The van der Waals surface area contributed by atoms with Crippen LogP contribution in [0.3, 0.4) is 0 Å². The van der Waals surface area contributed by atoms with Gasteiger partial charge in [0, 0.05) is 23.1 Å². The Morgan fingerprint density at radius 1 is 1.27 bits per heavy atom. The molecular formula is C19H19BrN2O7S. The Kier molecular flexibility index (Phi) is 7.51. The van der Waals surface area contributed by atoms with Gasteiger partial charge in [-0.15, -0.1) is 0 Å². The zero-order valence-corrected chi connectivity index (χ0v) is 18.5. The highest BCUT2D eigenvalue weighted by molar-refractivity contribution is 9.10. The second-order valence-corrected chi connectivity index (χ2v) is 8.22. The van der Waals surface area contributed by atoms with E-state index in [4.69, 9.17) is 9.47 Å². The van der Waals surface area contributed by atoms with E-state index in [1.807, 2.05) is 0 Å². The number of carbonyl (C=O) groups is 4.